The molecule has 1 aliphatic carbocycles. The maximum Gasteiger partial charge on any atom is 0.317 e. The van der Waals surface area contributed by atoms with Crippen LogP contribution in [0.4, 0.5) is 4.79 Å². The number of carboxylic acid groups (broad SMARTS) is 1. The van der Waals surface area contributed by atoms with Crippen LogP contribution in [0.15, 0.2) is 0 Å². The number of carboxylic acids is 1. The van der Waals surface area contributed by atoms with Gasteiger partial charge in [-0.2, -0.15) is 11.8 Å². The SMILES string of the molecule is CN(C(=O)NCC1(CC(=O)O)CCC1)C1CCSC1. The molecular formula is C13H22N2O3S. The van der Waals surface area contributed by atoms with Crippen molar-refractivity contribution in [2.75, 3.05) is 25.1 Å². The Balaban J connectivity index is 1.80. The molecule has 1 unspecified atom stereocenters. The maximum atomic E-state index is 12.1. The van der Waals surface area contributed by atoms with Gasteiger partial charge in [-0.25, -0.2) is 4.79 Å². The van der Waals surface area contributed by atoms with Crippen molar-refractivity contribution >= 4 is 23.8 Å². The van der Waals surface area contributed by atoms with Crippen molar-refractivity contribution in [2.45, 2.75) is 38.1 Å². The van der Waals surface area contributed by atoms with Crippen LogP contribution in [0.5, 0.6) is 0 Å². The topological polar surface area (TPSA) is 69.6 Å². The van der Waals surface area contributed by atoms with E-state index in [0.717, 1.165) is 37.2 Å². The normalized spacial score (nSPS) is 24.6. The fourth-order valence-electron chi connectivity index (χ4n) is 2.79. The van der Waals surface area contributed by atoms with Crippen molar-refractivity contribution in [3.63, 3.8) is 0 Å². The number of urea groups is 1. The Morgan fingerprint density at radius 2 is 2.21 bits per heavy atom. The Bertz CT molecular complexity index is 352. The Morgan fingerprint density at radius 3 is 2.68 bits per heavy atom. The average Bonchev–Trinajstić information content (AvgIpc) is 2.84. The second kappa shape index (κ2) is 6.03. The molecule has 0 aromatic carbocycles. The van der Waals surface area contributed by atoms with E-state index in [4.69, 9.17) is 5.11 Å². The summed E-state index contributed by atoms with van der Waals surface area (Å²) in [5.41, 5.74) is -0.202. The highest BCUT2D eigenvalue weighted by molar-refractivity contribution is 7.99. The Morgan fingerprint density at radius 1 is 1.47 bits per heavy atom. The molecule has 1 aliphatic heterocycles. The minimum absolute atomic E-state index is 0.0656. The Labute approximate surface area is 118 Å². The van der Waals surface area contributed by atoms with Gasteiger partial charge in [0, 0.05) is 25.4 Å². The summed E-state index contributed by atoms with van der Waals surface area (Å²) in [6.45, 7) is 0.488. The molecule has 0 bridgehead atoms. The highest BCUT2D eigenvalue weighted by atomic mass is 32.2. The number of nitrogens with zero attached hydrogens (tertiary/aromatic N) is 1. The third kappa shape index (κ3) is 3.55. The molecule has 1 saturated carbocycles. The number of rotatable bonds is 5. The summed E-state index contributed by atoms with van der Waals surface area (Å²) in [5, 5.41) is 11.9. The Hall–Kier alpha value is -0.910. The van der Waals surface area contributed by atoms with Gasteiger partial charge in [0.15, 0.2) is 0 Å². The van der Waals surface area contributed by atoms with Crippen LogP contribution in [-0.2, 0) is 4.79 Å². The summed E-state index contributed by atoms with van der Waals surface area (Å²) in [6, 6.07) is 0.256. The van der Waals surface area contributed by atoms with Crippen molar-refractivity contribution in [2.24, 2.45) is 5.41 Å². The number of hydrogen-bond donors (Lipinski definition) is 2. The summed E-state index contributed by atoms with van der Waals surface area (Å²) in [6.07, 6.45) is 4.09. The maximum absolute atomic E-state index is 12.1. The molecule has 1 heterocycles. The molecule has 5 nitrogen and oxygen atoms in total. The molecule has 0 aromatic heterocycles. The lowest BCUT2D eigenvalue weighted by molar-refractivity contribution is -0.141. The first-order valence-corrected chi connectivity index (χ1v) is 7.98. The number of aliphatic carboxylic acids is 1. The highest BCUT2D eigenvalue weighted by Crippen LogP contribution is 2.43. The standard InChI is InChI=1S/C13H22N2O3S/c1-15(10-3-6-19-8-10)12(18)14-9-13(4-2-5-13)7-11(16)17/h10H,2-9H2,1H3,(H,14,18)(H,16,17). The number of amides is 2. The second-order valence-corrected chi connectivity index (χ2v) is 6.86. The average molecular weight is 286 g/mol. The van der Waals surface area contributed by atoms with Crippen LogP contribution in [0.25, 0.3) is 0 Å². The predicted molar refractivity (Wildman–Crippen MR) is 75.4 cm³/mol. The molecule has 2 aliphatic rings. The third-order valence-electron chi connectivity index (χ3n) is 4.33. The van der Waals surface area contributed by atoms with Crippen LogP contribution in [-0.4, -0.2) is 53.1 Å². The van der Waals surface area contributed by atoms with Gasteiger partial charge >= 0.3 is 12.0 Å². The zero-order chi connectivity index (χ0) is 13.9. The fraction of sp³-hybridized carbons (Fsp3) is 0.846. The van der Waals surface area contributed by atoms with E-state index in [1.54, 1.807) is 4.90 Å². The molecular weight excluding hydrogens is 264 g/mol. The second-order valence-electron chi connectivity index (χ2n) is 5.71. The quantitative estimate of drug-likeness (QED) is 0.808. The van der Waals surface area contributed by atoms with E-state index in [1.165, 1.54) is 0 Å². The van der Waals surface area contributed by atoms with Gasteiger partial charge in [0.05, 0.1) is 6.42 Å². The van der Waals surface area contributed by atoms with Crippen molar-refractivity contribution in [3.8, 4) is 0 Å². The smallest absolute Gasteiger partial charge is 0.317 e. The third-order valence-corrected chi connectivity index (χ3v) is 5.47. The summed E-state index contributed by atoms with van der Waals surface area (Å²) in [4.78, 5) is 24.7. The van der Waals surface area contributed by atoms with Gasteiger partial charge in [-0.05, 0) is 30.4 Å². The zero-order valence-corrected chi connectivity index (χ0v) is 12.2. The van der Waals surface area contributed by atoms with Crippen molar-refractivity contribution < 1.29 is 14.7 Å². The highest BCUT2D eigenvalue weighted by Gasteiger charge is 2.39. The van der Waals surface area contributed by atoms with Gasteiger partial charge in [0.25, 0.3) is 0 Å². The van der Waals surface area contributed by atoms with Crippen LogP contribution in [0.3, 0.4) is 0 Å². The number of hydrogen-bond acceptors (Lipinski definition) is 3. The van der Waals surface area contributed by atoms with Gasteiger partial charge in [0.2, 0.25) is 0 Å². The predicted octanol–water partition coefficient (Wildman–Crippen LogP) is 1.78. The lowest BCUT2D eigenvalue weighted by atomic mass is 9.66. The largest absolute Gasteiger partial charge is 0.481 e. The van der Waals surface area contributed by atoms with Crippen LogP contribution < -0.4 is 5.32 Å². The summed E-state index contributed by atoms with van der Waals surface area (Å²) in [7, 11) is 1.83. The molecule has 0 aromatic rings. The van der Waals surface area contributed by atoms with E-state index < -0.39 is 5.97 Å². The molecule has 2 N–H and O–H groups in total. The van der Waals surface area contributed by atoms with Crippen LogP contribution >= 0.6 is 11.8 Å². The molecule has 0 radical (unpaired) electrons. The van der Waals surface area contributed by atoms with Crippen LogP contribution in [0.2, 0.25) is 0 Å². The monoisotopic (exact) mass is 286 g/mol. The van der Waals surface area contributed by atoms with Crippen molar-refractivity contribution in [1.82, 2.24) is 10.2 Å². The zero-order valence-electron chi connectivity index (χ0n) is 11.4. The first-order valence-electron chi connectivity index (χ1n) is 6.83. The van der Waals surface area contributed by atoms with E-state index in [9.17, 15) is 9.59 Å². The van der Waals surface area contributed by atoms with Crippen molar-refractivity contribution in [1.29, 1.82) is 0 Å². The molecule has 2 fully saturated rings. The van der Waals surface area contributed by atoms with E-state index in [1.807, 2.05) is 18.8 Å². The molecule has 1 atom stereocenters. The number of carbonyl (C=O) groups excluding carboxylic acids is 1. The molecule has 0 spiro atoms. The minimum atomic E-state index is -0.769. The molecule has 2 rings (SSSR count). The first-order chi connectivity index (χ1) is 9.02. The van der Waals surface area contributed by atoms with Crippen LogP contribution in [0, 0.1) is 5.41 Å². The van der Waals surface area contributed by atoms with Gasteiger partial charge in [0.1, 0.15) is 0 Å². The molecule has 6 heteroatoms. The van der Waals surface area contributed by atoms with E-state index in [2.05, 4.69) is 5.32 Å². The van der Waals surface area contributed by atoms with Gasteiger partial charge in [-0.1, -0.05) is 6.42 Å². The summed E-state index contributed by atoms with van der Waals surface area (Å²) < 4.78 is 0. The van der Waals surface area contributed by atoms with Crippen LogP contribution in [0.1, 0.15) is 32.1 Å². The lowest BCUT2D eigenvalue weighted by Gasteiger charge is -2.41. The summed E-state index contributed by atoms with van der Waals surface area (Å²) in [5.74, 6) is 1.35. The summed E-state index contributed by atoms with van der Waals surface area (Å²) >= 11 is 1.88. The molecule has 108 valence electrons. The van der Waals surface area contributed by atoms with E-state index >= 15 is 0 Å². The Kier molecular flexibility index (Phi) is 4.60. The van der Waals surface area contributed by atoms with Gasteiger partial charge < -0.3 is 15.3 Å². The van der Waals surface area contributed by atoms with Crippen molar-refractivity contribution in [3.05, 3.63) is 0 Å². The van der Waals surface area contributed by atoms with E-state index in [-0.39, 0.29) is 17.9 Å². The van der Waals surface area contributed by atoms with Gasteiger partial charge in [-0.3, -0.25) is 4.79 Å². The molecule has 1 saturated heterocycles. The minimum Gasteiger partial charge on any atom is -0.481 e. The molecule has 2 amide bonds. The first kappa shape index (κ1) is 14.5. The van der Waals surface area contributed by atoms with E-state index in [0.29, 0.717) is 12.6 Å². The lowest BCUT2D eigenvalue weighted by Crippen LogP contribution is -2.49. The molecule has 19 heavy (non-hydrogen) atoms. The number of carbonyl (C=O) groups is 2. The number of nitrogens with one attached hydrogen (secondary N) is 1. The fourth-order valence-corrected chi connectivity index (χ4v) is 4.06. The van der Waals surface area contributed by atoms with Gasteiger partial charge in [-0.15, -0.1) is 0 Å². The number of thioether (sulfide) groups is 1.